The smallest absolute Gasteiger partial charge is 0.257 e. The van der Waals surface area contributed by atoms with E-state index >= 15 is 0 Å². The number of nitrogens with one attached hydrogen (secondary N) is 1. The summed E-state index contributed by atoms with van der Waals surface area (Å²) in [5.41, 5.74) is 2.26. The third-order valence-electron chi connectivity index (χ3n) is 3.75. The lowest BCUT2D eigenvalue weighted by Crippen LogP contribution is -2.30. The van der Waals surface area contributed by atoms with Crippen molar-refractivity contribution in [2.75, 3.05) is 18.4 Å². The van der Waals surface area contributed by atoms with E-state index in [0.29, 0.717) is 34.9 Å². The molecule has 0 bridgehead atoms. The van der Waals surface area contributed by atoms with Crippen LogP contribution in [0.4, 0.5) is 5.69 Å². The van der Waals surface area contributed by atoms with Crippen LogP contribution in [0.15, 0.2) is 36.7 Å². The van der Waals surface area contributed by atoms with E-state index in [0.717, 1.165) is 5.56 Å². The highest BCUT2D eigenvalue weighted by Crippen LogP contribution is 2.21. The summed E-state index contributed by atoms with van der Waals surface area (Å²) in [7, 11) is 0. The number of nitrogens with zero attached hydrogens (tertiary/aromatic N) is 2. The minimum atomic E-state index is -0.331. The first-order chi connectivity index (χ1) is 11.5. The molecular weight excluding hydrogens is 326 g/mol. The second-order valence-electron chi connectivity index (χ2n) is 5.35. The summed E-state index contributed by atoms with van der Waals surface area (Å²) < 4.78 is 0. The van der Waals surface area contributed by atoms with Gasteiger partial charge in [0.05, 0.1) is 11.1 Å². The summed E-state index contributed by atoms with van der Waals surface area (Å²) in [5.74, 6) is -0.469. The number of pyridine rings is 1. The molecule has 0 aliphatic rings. The zero-order valence-electron chi connectivity index (χ0n) is 14.0. The molecule has 0 saturated heterocycles. The molecule has 0 fully saturated rings. The van der Waals surface area contributed by atoms with Crippen molar-refractivity contribution in [1.29, 1.82) is 0 Å². The van der Waals surface area contributed by atoms with E-state index in [9.17, 15) is 9.59 Å². The summed E-state index contributed by atoms with van der Waals surface area (Å²) in [6, 6.07) is 6.84. The molecule has 24 heavy (non-hydrogen) atoms. The standard InChI is InChI=1S/C18H20ClN3O2/c1-4-22(5-2)18(24)14-8-13(10-20-11-14)17(23)21-16-9-15(19)7-6-12(16)3/h6-11H,4-5H2,1-3H3,(H,21,23). The van der Waals surface area contributed by atoms with E-state index in [1.165, 1.54) is 12.4 Å². The monoisotopic (exact) mass is 345 g/mol. The summed E-state index contributed by atoms with van der Waals surface area (Å²) in [5, 5.41) is 3.34. The molecule has 1 heterocycles. The predicted molar refractivity (Wildman–Crippen MR) is 95.6 cm³/mol. The summed E-state index contributed by atoms with van der Waals surface area (Å²) >= 11 is 5.97. The van der Waals surface area contributed by atoms with Gasteiger partial charge in [0.25, 0.3) is 11.8 Å². The molecule has 0 spiro atoms. The summed E-state index contributed by atoms with van der Waals surface area (Å²) in [4.78, 5) is 30.5. The first-order valence-electron chi connectivity index (χ1n) is 7.78. The van der Waals surface area contributed by atoms with Gasteiger partial charge in [0.1, 0.15) is 0 Å². The van der Waals surface area contributed by atoms with Gasteiger partial charge in [-0.25, -0.2) is 0 Å². The number of halogens is 1. The molecule has 0 unspecified atom stereocenters. The van der Waals surface area contributed by atoms with Crippen LogP contribution < -0.4 is 5.32 Å². The Morgan fingerprint density at radius 1 is 1.12 bits per heavy atom. The first-order valence-corrected chi connectivity index (χ1v) is 8.15. The number of carbonyl (C=O) groups is 2. The lowest BCUT2D eigenvalue weighted by atomic mass is 10.1. The van der Waals surface area contributed by atoms with Gasteiger partial charge in [-0.05, 0) is 44.5 Å². The summed E-state index contributed by atoms with van der Waals surface area (Å²) in [6.07, 6.45) is 2.91. The van der Waals surface area contributed by atoms with Crippen LogP contribution >= 0.6 is 11.6 Å². The number of hydrogen-bond acceptors (Lipinski definition) is 3. The van der Waals surface area contributed by atoms with Crippen LogP contribution in [0, 0.1) is 6.92 Å². The molecule has 0 radical (unpaired) electrons. The molecule has 1 aromatic heterocycles. The number of anilines is 1. The Morgan fingerprint density at radius 2 is 1.79 bits per heavy atom. The molecule has 0 aliphatic heterocycles. The van der Waals surface area contributed by atoms with Crippen LogP contribution in [-0.2, 0) is 0 Å². The maximum atomic E-state index is 12.4. The van der Waals surface area contributed by atoms with Gasteiger partial charge in [-0.3, -0.25) is 14.6 Å². The minimum Gasteiger partial charge on any atom is -0.339 e. The number of amides is 2. The Labute approximate surface area is 146 Å². The number of carbonyl (C=O) groups excluding carboxylic acids is 2. The van der Waals surface area contributed by atoms with Crippen LogP contribution in [0.5, 0.6) is 0 Å². The number of aromatic nitrogens is 1. The molecule has 2 aromatic rings. The minimum absolute atomic E-state index is 0.138. The van der Waals surface area contributed by atoms with Crippen molar-refractivity contribution in [2.45, 2.75) is 20.8 Å². The van der Waals surface area contributed by atoms with Gasteiger partial charge >= 0.3 is 0 Å². The highest BCUT2D eigenvalue weighted by molar-refractivity contribution is 6.31. The van der Waals surface area contributed by atoms with Gasteiger partial charge in [0.15, 0.2) is 0 Å². The Bertz CT molecular complexity index is 758. The third-order valence-corrected chi connectivity index (χ3v) is 3.98. The number of benzene rings is 1. The largest absolute Gasteiger partial charge is 0.339 e. The van der Waals surface area contributed by atoms with Crippen molar-refractivity contribution in [3.63, 3.8) is 0 Å². The molecule has 0 atom stereocenters. The van der Waals surface area contributed by atoms with E-state index in [4.69, 9.17) is 11.6 Å². The van der Waals surface area contributed by atoms with E-state index in [-0.39, 0.29) is 11.8 Å². The SMILES string of the molecule is CCN(CC)C(=O)c1cncc(C(=O)Nc2cc(Cl)ccc2C)c1. The predicted octanol–water partition coefficient (Wildman–Crippen LogP) is 3.78. The second-order valence-corrected chi connectivity index (χ2v) is 5.79. The summed E-state index contributed by atoms with van der Waals surface area (Å²) in [6.45, 7) is 6.91. The maximum Gasteiger partial charge on any atom is 0.257 e. The van der Waals surface area contributed by atoms with Crippen molar-refractivity contribution in [3.05, 3.63) is 58.4 Å². The highest BCUT2D eigenvalue weighted by Gasteiger charge is 2.16. The highest BCUT2D eigenvalue weighted by atomic mass is 35.5. The van der Waals surface area contributed by atoms with Crippen LogP contribution in [0.1, 0.15) is 40.1 Å². The van der Waals surface area contributed by atoms with Crippen molar-refractivity contribution < 1.29 is 9.59 Å². The third kappa shape index (κ3) is 4.11. The van der Waals surface area contributed by atoms with Gasteiger partial charge < -0.3 is 10.2 Å². The molecule has 5 nitrogen and oxygen atoms in total. The number of aryl methyl sites for hydroxylation is 1. The maximum absolute atomic E-state index is 12.4. The van der Waals surface area contributed by atoms with Crippen LogP contribution in [0.25, 0.3) is 0 Å². The Kier molecular flexibility index (Phi) is 5.93. The topological polar surface area (TPSA) is 62.3 Å². The molecule has 1 N–H and O–H groups in total. The van der Waals surface area contributed by atoms with E-state index in [1.807, 2.05) is 26.8 Å². The molecule has 1 aromatic carbocycles. The van der Waals surface area contributed by atoms with Gasteiger partial charge in [-0.2, -0.15) is 0 Å². The zero-order valence-corrected chi connectivity index (χ0v) is 14.7. The molecule has 126 valence electrons. The quantitative estimate of drug-likeness (QED) is 0.897. The van der Waals surface area contributed by atoms with Crippen LogP contribution in [0.3, 0.4) is 0 Å². The lowest BCUT2D eigenvalue weighted by Gasteiger charge is -2.18. The van der Waals surface area contributed by atoms with Gasteiger partial charge in [-0.15, -0.1) is 0 Å². The Morgan fingerprint density at radius 3 is 2.46 bits per heavy atom. The van der Waals surface area contributed by atoms with Crippen LogP contribution in [-0.4, -0.2) is 34.8 Å². The molecule has 0 saturated carbocycles. The van der Waals surface area contributed by atoms with Crippen molar-refractivity contribution in [2.24, 2.45) is 0 Å². The second kappa shape index (κ2) is 7.93. The molecule has 0 aliphatic carbocycles. The van der Waals surface area contributed by atoms with Gasteiger partial charge in [0.2, 0.25) is 0 Å². The Hall–Kier alpha value is -2.40. The van der Waals surface area contributed by atoms with E-state index < -0.39 is 0 Å². The fourth-order valence-electron chi connectivity index (χ4n) is 2.30. The molecule has 2 rings (SSSR count). The van der Waals surface area contributed by atoms with Gasteiger partial charge in [-0.1, -0.05) is 17.7 Å². The van der Waals surface area contributed by atoms with Gasteiger partial charge in [0, 0.05) is 36.2 Å². The fraction of sp³-hybridized carbons (Fsp3) is 0.278. The van der Waals surface area contributed by atoms with E-state index in [1.54, 1.807) is 23.1 Å². The molecule has 6 heteroatoms. The van der Waals surface area contributed by atoms with Crippen molar-refractivity contribution in [1.82, 2.24) is 9.88 Å². The normalized spacial score (nSPS) is 10.3. The van der Waals surface area contributed by atoms with Crippen molar-refractivity contribution in [3.8, 4) is 0 Å². The average Bonchev–Trinajstić information content (AvgIpc) is 2.59. The lowest BCUT2D eigenvalue weighted by molar-refractivity contribution is 0.0772. The Balaban J connectivity index is 2.23. The number of hydrogen-bond donors (Lipinski definition) is 1. The zero-order chi connectivity index (χ0) is 17.7. The average molecular weight is 346 g/mol. The van der Waals surface area contributed by atoms with Crippen molar-refractivity contribution >= 4 is 29.1 Å². The van der Waals surface area contributed by atoms with Crippen LogP contribution in [0.2, 0.25) is 5.02 Å². The molecular formula is C18H20ClN3O2. The molecule has 2 amide bonds. The fourth-order valence-corrected chi connectivity index (χ4v) is 2.47. The first kappa shape index (κ1) is 17.9. The van der Waals surface area contributed by atoms with E-state index in [2.05, 4.69) is 10.3 Å². The number of rotatable bonds is 5.